The molecular formula is C10H15N5O4. The second-order valence-corrected chi connectivity index (χ2v) is 3.39. The molecule has 1 aromatic rings. The fourth-order valence-electron chi connectivity index (χ4n) is 1.14. The van der Waals surface area contributed by atoms with E-state index >= 15 is 0 Å². The number of carbonyl (C=O) groups excluding carboxylic acids is 1. The van der Waals surface area contributed by atoms with E-state index in [1.54, 1.807) is 6.07 Å². The molecule has 0 aromatic heterocycles. The highest BCUT2D eigenvalue weighted by Gasteiger charge is 1.97. The molecule has 0 fully saturated rings. The van der Waals surface area contributed by atoms with E-state index in [9.17, 15) is 4.79 Å². The molecule has 0 atom stereocenters. The highest BCUT2D eigenvalue weighted by atomic mass is 16.9. The standard InChI is InChI=1S/C10H14N4O.HNO3/c1-7(15)13-6-8-3-2-4-9(5-8)14-10(11)12;2-1(3)4/h2-5H,6H2,1H3,(H,13,15)(H4,11,12,14);(H,2,3,4). The number of benzene rings is 1. The monoisotopic (exact) mass is 269 g/mol. The van der Waals surface area contributed by atoms with Crippen LogP contribution in [0.4, 0.5) is 5.69 Å². The third-order valence-corrected chi connectivity index (χ3v) is 1.75. The lowest BCUT2D eigenvalue weighted by Crippen LogP contribution is -2.21. The van der Waals surface area contributed by atoms with Crippen LogP contribution in [-0.4, -0.2) is 22.2 Å². The molecule has 0 aliphatic carbocycles. The summed E-state index contributed by atoms with van der Waals surface area (Å²) in [6, 6.07) is 7.36. The summed E-state index contributed by atoms with van der Waals surface area (Å²) in [7, 11) is 0. The largest absolute Gasteiger partial charge is 0.370 e. The normalized spacial score (nSPS) is 8.68. The molecule has 6 N–H and O–H groups in total. The number of rotatable bonds is 3. The number of guanidine groups is 1. The van der Waals surface area contributed by atoms with Gasteiger partial charge in [0.2, 0.25) is 5.91 Å². The minimum absolute atomic E-state index is 0.0695. The zero-order valence-electron chi connectivity index (χ0n) is 10.2. The highest BCUT2D eigenvalue weighted by Crippen LogP contribution is 2.09. The zero-order chi connectivity index (χ0) is 14.8. The van der Waals surface area contributed by atoms with E-state index in [0.717, 1.165) is 11.3 Å². The summed E-state index contributed by atoms with van der Waals surface area (Å²) in [5.41, 5.74) is 6.90. The summed E-state index contributed by atoms with van der Waals surface area (Å²) < 4.78 is 0. The van der Waals surface area contributed by atoms with Crippen molar-refractivity contribution in [1.82, 2.24) is 5.32 Å². The maximum Gasteiger partial charge on any atom is 0.291 e. The fraction of sp³-hybridized carbons (Fsp3) is 0.200. The van der Waals surface area contributed by atoms with E-state index in [0.29, 0.717) is 6.54 Å². The van der Waals surface area contributed by atoms with Gasteiger partial charge in [-0.2, -0.15) is 0 Å². The predicted octanol–water partition coefficient (Wildman–Crippen LogP) is 0.280. The van der Waals surface area contributed by atoms with Gasteiger partial charge in [0, 0.05) is 19.2 Å². The highest BCUT2D eigenvalue weighted by molar-refractivity contribution is 5.89. The Hall–Kier alpha value is -2.84. The molecule has 9 heteroatoms. The van der Waals surface area contributed by atoms with Crippen LogP contribution < -0.4 is 16.4 Å². The fourth-order valence-corrected chi connectivity index (χ4v) is 1.14. The van der Waals surface area contributed by atoms with Crippen molar-refractivity contribution < 1.29 is 15.1 Å². The van der Waals surface area contributed by atoms with Crippen LogP contribution in [0.3, 0.4) is 0 Å². The van der Waals surface area contributed by atoms with Crippen LogP contribution in [-0.2, 0) is 11.3 Å². The summed E-state index contributed by atoms with van der Waals surface area (Å²) >= 11 is 0. The molecule has 0 aliphatic rings. The second-order valence-electron chi connectivity index (χ2n) is 3.39. The lowest BCUT2D eigenvalue weighted by molar-refractivity contribution is -0.742. The van der Waals surface area contributed by atoms with Crippen molar-refractivity contribution in [2.75, 3.05) is 5.32 Å². The lowest BCUT2D eigenvalue weighted by atomic mass is 10.2. The molecule has 0 spiro atoms. The number of nitrogens with zero attached hydrogens (tertiary/aromatic N) is 1. The zero-order valence-corrected chi connectivity index (χ0v) is 10.2. The topological polar surface area (TPSA) is 154 Å². The van der Waals surface area contributed by atoms with Crippen molar-refractivity contribution in [1.29, 1.82) is 5.41 Å². The van der Waals surface area contributed by atoms with E-state index in [1.165, 1.54) is 6.92 Å². The molecule has 1 rings (SSSR count). The third kappa shape index (κ3) is 10.1. The average Bonchev–Trinajstić information content (AvgIpc) is 2.25. The van der Waals surface area contributed by atoms with Crippen molar-refractivity contribution in [2.24, 2.45) is 5.73 Å². The summed E-state index contributed by atoms with van der Waals surface area (Å²) in [6.07, 6.45) is 0. The Morgan fingerprint density at radius 3 is 2.63 bits per heavy atom. The molecule has 0 bridgehead atoms. The first-order valence-electron chi connectivity index (χ1n) is 5.09. The van der Waals surface area contributed by atoms with Gasteiger partial charge >= 0.3 is 0 Å². The smallest absolute Gasteiger partial charge is 0.291 e. The number of nitrogens with one attached hydrogen (secondary N) is 3. The van der Waals surface area contributed by atoms with Gasteiger partial charge in [-0.1, -0.05) is 12.1 Å². The first-order chi connectivity index (χ1) is 8.81. The Labute approximate surface area is 109 Å². The summed E-state index contributed by atoms with van der Waals surface area (Å²) in [5, 5.41) is 26.1. The molecule has 0 saturated heterocycles. The first kappa shape index (κ1) is 16.2. The van der Waals surface area contributed by atoms with E-state index in [1.807, 2.05) is 18.2 Å². The minimum atomic E-state index is -1.50. The SMILES string of the molecule is CC(=O)NCc1cccc(NC(=N)N)c1.O=[N+]([O-])O. The molecule has 0 saturated carbocycles. The molecule has 0 aliphatic heterocycles. The number of amides is 1. The molecule has 0 heterocycles. The van der Waals surface area contributed by atoms with Gasteiger partial charge in [-0.15, -0.1) is 10.1 Å². The van der Waals surface area contributed by atoms with Crippen molar-refractivity contribution in [3.8, 4) is 0 Å². The van der Waals surface area contributed by atoms with Gasteiger partial charge in [0.15, 0.2) is 5.96 Å². The van der Waals surface area contributed by atoms with Gasteiger partial charge in [0.25, 0.3) is 5.09 Å². The quantitative estimate of drug-likeness (QED) is 0.230. The molecule has 1 amide bonds. The molecule has 0 radical (unpaired) electrons. The number of hydrogen-bond acceptors (Lipinski definition) is 4. The van der Waals surface area contributed by atoms with Gasteiger partial charge in [-0.3, -0.25) is 10.2 Å². The third-order valence-electron chi connectivity index (χ3n) is 1.75. The van der Waals surface area contributed by atoms with Crippen LogP contribution in [0.1, 0.15) is 12.5 Å². The number of carbonyl (C=O) groups is 1. The molecular weight excluding hydrogens is 254 g/mol. The Bertz CT molecular complexity index is 459. The van der Waals surface area contributed by atoms with Gasteiger partial charge < -0.3 is 21.6 Å². The van der Waals surface area contributed by atoms with Crippen LogP contribution in [0, 0.1) is 15.5 Å². The van der Waals surface area contributed by atoms with Crippen LogP contribution in [0.15, 0.2) is 24.3 Å². The van der Waals surface area contributed by atoms with Crippen LogP contribution in [0.5, 0.6) is 0 Å². The molecule has 19 heavy (non-hydrogen) atoms. The van der Waals surface area contributed by atoms with Crippen molar-refractivity contribution in [3.05, 3.63) is 39.9 Å². The Morgan fingerprint density at radius 2 is 2.16 bits per heavy atom. The first-order valence-corrected chi connectivity index (χ1v) is 5.09. The Morgan fingerprint density at radius 1 is 1.58 bits per heavy atom. The van der Waals surface area contributed by atoms with Gasteiger partial charge in [0.05, 0.1) is 0 Å². The number of nitrogens with two attached hydrogens (primary N) is 1. The maximum absolute atomic E-state index is 10.7. The van der Waals surface area contributed by atoms with Gasteiger partial charge in [-0.05, 0) is 17.7 Å². The van der Waals surface area contributed by atoms with E-state index < -0.39 is 5.09 Å². The summed E-state index contributed by atoms with van der Waals surface area (Å²) in [6.45, 7) is 1.94. The molecule has 104 valence electrons. The second kappa shape index (κ2) is 8.28. The maximum atomic E-state index is 10.7. The van der Waals surface area contributed by atoms with Crippen molar-refractivity contribution in [3.63, 3.8) is 0 Å². The lowest BCUT2D eigenvalue weighted by Gasteiger charge is -2.06. The van der Waals surface area contributed by atoms with Gasteiger partial charge in [-0.25, -0.2) is 0 Å². The molecule has 9 nitrogen and oxygen atoms in total. The van der Waals surface area contributed by atoms with Crippen molar-refractivity contribution in [2.45, 2.75) is 13.5 Å². The predicted molar refractivity (Wildman–Crippen MR) is 68.3 cm³/mol. The Kier molecular flexibility index (Phi) is 7.04. The number of anilines is 1. The van der Waals surface area contributed by atoms with E-state index in [4.69, 9.17) is 26.5 Å². The Balaban J connectivity index is 0.000000711. The average molecular weight is 269 g/mol. The van der Waals surface area contributed by atoms with Crippen LogP contribution in [0.2, 0.25) is 0 Å². The van der Waals surface area contributed by atoms with Crippen LogP contribution >= 0.6 is 0 Å². The number of hydrogen-bond donors (Lipinski definition) is 5. The summed E-state index contributed by atoms with van der Waals surface area (Å²) in [4.78, 5) is 19.1. The molecule has 1 aromatic carbocycles. The summed E-state index contributed by atoms with van der Waals surface area (Å²) in [5.74, 6) is -0.174. The van der Waals surface area contributed by atoms with Crippen LogP contribution in [0.25, 0.3) is 0 Å². The van der Waals surface area contributed by atoms with Crippen molar-refractivity contribution >= 4 is 17.6 Å². The molecule has 0 unspecified atom stereocenters. The van der Waals surface area contributed by atoms with E-state index in [2.05, 4.69) is 10.6 Å². The minimum Gasteiger partial charge on any atom is -0.370 e. The van der Waals surface area contributed by atoms with E-state index in [-0.39, 0.29) is 11.9 Å². The van der Waals surface area contributed by atoms with Gasteiger partial charge in [0.1, 0.15) is 0 Å².